The number of nitrogens with two attached hydrogens (primary N) is 2. The summed E-state index contributed by atoms with van der Waals surface area (Å²) < 4.78 is 5.56. The molecule has 1 aromatic heterocycles. The lowest BCUT2D eigenvalue weighted by Gasteiger charge is -2.06. The molecule has 118 valence electrons. The van der Waals surface area contributed by atoms with Crippen LogP contribution in [0.1, 0.15) is 16.9 Å². The Morgan fingerprint density at radius 1 is 1.45 bits per heavy atom. The fourth-order valence-corrected chi connectivity index (χ4v) is 2.15. The lowest BCUT2D eigenvalue weighted by molar-refractivity contribution is 0.0972. The van der Waals surface area contributed by atoms with E-state index in [1.165, 1.54) is 7.05 Å². The van der Waals surface area contributed by atoms with Crippen LogP contribution in [0, 0.1) is 0 Å². The van der Waals surface area contributed by atoms with E-state index in [2.05, 4.69) is 15.3 Å². The number of H-pyrrole nitrogens is 1. The van der Waals surface area contributed by atoms with Crippen molar-refractivity contribution in [2.24, 2.45) is 16.5 Å². The van der Waals surface area contributed by atoms with Gasteiger partial charge in [-0.3, -0.25) is 15.1 Å². The molecule has 0 bridgehead atoms. The third-order valence-corrected chi connectivity index (χ3v) is 3.32. The average molecular weight is 324 g/mol. The normalized spacial score (nSPS) is 11.7. The van der Waals surface area contributed by atoms with Crippen molar-refractivity contribution in [3.8, 4) is 5.75 Å². The topological polar surface area (TPSA) is 119 Å². The molecular weight excluding hydrogens is 306 g/mol. The van der Waals surface area contributed by atoms with Crippen molar-refractivity contribution in [3.63, 3.8) is 0 Å². The minimum atomic E-state index is -0.388. The number of aromatic nitrogens is 1. The van der Waals surface area contributed by atoms with Crippen LogP contribution in [0.5, 0.6) is 5.75 Å². The van der Waals surface area contributed by atoms with Crippen molar-refractivity contribution >= 4 is 34.4 Å². The van der Waals surface area contributed by atoms with E-state index in [9.17, 15) is 4.79 Å². The van der Waals surface area contributed by atoms with E-state index in [0.29, 0.717) is 35.1 Å². The van der Waals surface area contributed by atoms with Crippen LogP contribution in [0.25, 0.3) is 10.9 Å². The first-order valence-electron chi connectivity index (χ1n) is 6.74. The Kier molecular flexibility index (Phi) is 5.24. The van der Waals surface area contributed by atoms with Gasteiger partial charge < -0.3 is 21.2 Å². The monoisotopic (exact) mass is 323 g/mol. The number of carbonyl (C=O) groups excluding carboxylic acids is 1. The molecule has 8 heteroatoms. The van der Waals surface area contributed by atoms with Crippen LogP contribution < -0.4 is 21.5 Å². The predicted molar refractivity (Wildman–Crippen MR) is 87.5 cm³/mol. The van der Waals surface area contributed by atoms with E-state index >= 15 is 0 Å². The first kappa shape index (κ1) is 16.1. The number of rotatable bonds is 5. The molecule has 0 aliphatic rings. The molecule has 6 N–H and O–H groups in total. The molecule has 1 heterocycles. The number of halogens is 1. The second-order valence-corrected chi connectivity index (χ2v) is 5.01. The minimum Gasteiger partial charge on any atom is -0.493 e. The molecule has 0 aliphatic carbocycles. The number of amides is 1. The fourth-order valence-electron chi connectivity index (χ4n) is 1.89. The zero-order chi connectivity index (χ0) is 16.1. The van der Waals surface area contributed by atoms with Gasteiger partial charge in [0.2, 0.25) is 0 Å². The van der Waals surface area contributed by atoms with Gasteiger partial charge in [0.1, 0.15) is 11.4 Å². The van der Waals surface area contributed by atoms with E-state index in [-0.39, 0.29) is 11.9 Å². The van der Waals surface area contributed by atoms with Crippen molar-refractivity contribution < 1.29 is 9.53 Å². The largest absolute Gasteiger partial charge is 0.493 e. The second kappa shape index (κ2) is 7.15. The third kappa shape index (κ3) is 3.69. The number of benzene rings is 1. The van der Waals surface area contributed by atoms with Gasteiger partial charge in [-0.1, -0.05) is 11.6 Å². The quantitative estimate of drug-likeness (QED) is 0.376. The highest BCUT2D eigenvalue weighted by Crippen LogP contribution is 2.29. The van der Waals surface area contributed by atoms with Crippen molar-refractivity contribution in [2.75, 3.05) is 20.2 Å². The Labute approximate surface area is 132 Å². The Balaban J connectivity index is 2.25. The Bertz CT molecular complexity index is 711. The number of aliphatic imine (C=N–C) groups is 1. The number of nitrogens with zero attached hydrogens (tertiary/aromatic N) is 1. The van der Waals surface area contributed by atoms with Crippen LogP contribution in [-0.4, -0.2) is 37.1 Å². The molecular formula is C14H18ClN5O2. The predicted octanol–water partition coefficient (Wildman–Crippen LogP) is 1.22. The van der Waals surface area contributed by atoms with Crippen LogP contribution in [0.3, 0.4) is 0 Å². The molecule has 7 nitrogen and oxygen atoms in total. The molecule has 0 atom stereocenters. The lowest BCUT2D eigenvalue weighted by Crippen LogP contribution is -2.36. The molecule has 2 aromatic rings. The van der Waals surface area contributed by atoms with Gasteiger partial charge in [0, 0.05) is 18.5 Å². The highest BCUT2D eigenvalue weighted by molar-refractivity contribution is 6.35. The SMILES string of the molecule is CN=C(N)NC(=O)c1cc2c(Cl)cc(OCCCN)cc2[nH]1. The lowest BCUT2D eigenvalue weighted by atomic mass is 10.2. The van der Waals surface area contributed by atoms with Crippen LogP contribution in [0.2, 0.25) is 5.02 Å². The first-order valence-corrected chi connectivity index (χ1v) is 7.11. The number of guanidine groups is 1. The molecule has 0 fully saturated rings. The van der Waals surface area contributed by atoms with E-state index in [1.807, 2.05) is 0 Å². The summed E-state index contributed by atoms with van der Waals surface area (Å²) in [5, 5.41) is 3.67. The van der Waals surface area contributed by atoms with Crippen LogP contribution >= 0.6 is 11.6 Å². The maximum Gasteiger partial charge on any atom is 0.274 e. The molecule has 0 aliphatic heterocycles. The van der Waals surface area contributed by atoms with Gasteiger partial charge in [-0.25, -0.2) is 0 Å². The summed E-state index contributed by atoms with van der Waals surface area (Å²) in [6.07, 6.45) is 0.754. The van der Waals surface area contributed by atoms with E-state index in [4.69, 9.17) is 27.8 Å². The summed E-state index contributed by atoms with van der Waals surface area (Å²) in [6.45, 7) is 1.07. The Morgan fingerprint density at radius 3 is 2.91 bits per heavy atom. The van der Waals surface area contributed by atoms with E-state index < -0.39 is 0 Å². The first-order chi connectivity index (χ1) is 10.5. The second-order valence-electron chi connectivity index (χ2n) is 4.60. The number of nitrogens with one attached hydrogen (secondary N) is 2. The van der Waals surface area contributed by atoms with Crippen molar-refractivity contribution in [2.45, 2.75) is 6.42 Å². The number of hydrogen-bond acceptors (Lipinski definition) is 4. The molecule has 0 saturated heterocycles. The average Bonchev–Trinajstić information content (AvgIpc) is 2.92. The van der Waals surface area contributed by atoms with Gasteiger partial charge in [-0.2, -0.15) is 0 Å². The van der Waals surface area contributed by atoms with Crippen molar-refractivity contribution in [3.05, 3.63) is 28.9 Å². The number of ether oxygens (including phenoxy) is 1. The molecule has 2 rings (SSSR count). The number of fused-ring (bicyclic) bond motifs is 1. The summed E-state index contributed by atoms with van der Waals surface area (Å²) in [5.74, 6) is 0.274. The summed E-state index contributed by atoms with van der Waals surface area (Å²) in [5.41, 5.74) is 11.9. The molecule has 1 aromatic carbocycles. The summed E-state index contributed by atoms with van der Waals surface area (Å²) in [6, 6.07) is 5.14. The van der Waals surface area contributed by atoms with Gasteiger partial charge in [-0.15, -0.1) is 0 Å². The number of hydrogen-bond donors (Lipinski definition) is 4. The molecule has 0 saturated carbocycles. The van der Waals surface area contributed by atoms with Gasteiger partial charge >= 0.3 is 0 Å². The zero-order valence-electron chi connectivity index (χ0n) is 12.1. The van der Waals surface area contributed by atoms with Crippen molar-refractivity contribution in [1.29, 1.82) is 0 Å². The summed E-state index contributed by atoms with van der Waals surface area (Å²) >= 11 is 6.22. The molecule has 22 heavy (non-hydrogen) atoms. The number of aromatic amines is 1. The molecule has 0 radical (unpaired) electrons. The summed E-state index contributed by atoms with van der Waals surface area (Å²) in [7, 11) is 1.49. The Morgan fingerprint density at radius 2 is 2.23 bits per heavy atom. The van der Waals surface area contributed by atoms with Gasteiger partial charge in [-0.05, 0) is 25.1 Å². The van der Waals surface area contributed by atoms with Crippen molar-refractivity contribution in [1.82, 2.24) is 10.3 Å². The maximum absolute atomic E-state index is 12.0. The van der Waals surface area contributed by atoms with Gasteiger partial charge in [0.25, 0.3) is 5.91 Å². The van der Waals surface area contributed by atoms with E-state index in [0.717, 1.165) is 11.8 Å². The Hall–Kier alpha value is -2.25. The molecule has 0 spiro atoms. The van der Waals surface area contributed by atoms with Gasteiger partial charge in [0.15, 0.2) is 5.96 Å². The maximum atomic E-state index is 12.0. The highest BCUT2D eigenvalue weighted by atomic mass is 35.5. The van der Waals surface area contributed by atoms with Gasteiger partial charge in [0.05, 0.1) is 17.1 Å². The number of carbonyl (C=O) groups is 1. The molecule has 0 unspecified atom stereocenters. The van der Waals surface area contributed by atoms with Crippen LogP contribution in [0.4, 0.5) is 0 Å². The standard InChI is InChI=1S/C14H18ClN5O2/c1-18-14(17)20-13(21)12-7-9-10(15)5-8(6-11(9)19-12)22-4-2-3-16/h5-7,19H,2-4,16H2,1H3,(H3,17,18,20,21). The zero-order valence-corrected chi connectivity index (χ0v) is 12.9. The van der Waals surface area contributed by atoms with E-state index in [1.54, 1.807) is 18.2 Å². The van der Waals surface area contributed by atoms with Crippen LogP contribution in [0.15, 0.2) is 23.2 Å². The minimum absolute atomic E-state index is 0.0422. The van der Waals surface area contributed by atoms with Crippen LogP contribution in [-0.2, 0) is 0 Å². The fraction of sp³-hybridized carbons (Fsp3) is 0.286. The highest BCUT2D eigenvalue weighted by Gasteiger charge is 2.13. The third-order valence-electron chi connectivity index (χ3n) is 3.01. The summed E-state index contributed by atoms with van der Waals surface area (Å²) in [4.78, 5) is 18.7. The molecule has 1 amide bonds. The smallest absolute Gasteiger partial charge is 0.274 e.